The molecule has 5 heterocycles. The van der Waals surface area contributed by atoms with Gasteiger partial charge in [0.05, 0.1) is 51.7 Å². The highest BCUT2D eigenvalue weighted by Gasteiger charge is 2.43. The van der Waals surface area contributed by atoms with Gasteiger partial charge in [0, 0.05) is 91.6 Å². The largest absolute Gasteiger partial charge is 0.508 e. The fraction of sp³-hybridized carbons (Fsp3) is 0.379. The van der Waals surface area contributed by atoms with Crippen LogP contribution in [0.1, 0.15) is 109 Å². The molecule has 2 saturated heterocycles. The summed E-state index contributed by atoms with van der Waals surface area (Å²) < 4.78 is 61.1. The van der Waals surface area contributed by atoms with Crippen molar-refractivity contribution in [3.63, 3.8) is 0 Å². The van der Waals surface area contributed by atoms with Crippen LogP contribution in [-0.4, -0.2) is 145 Å². The maximum absolute atomic E-state index is 14.9. The highest BCUT2D eigenvalue weighted by molar-refractivity contribution is 8.00. The zero-order chi connectivity index (χ0) is 63.7. The van der Waals surface area contributed by atoms with E-state index in [-0.39, 0.29) is 94.2 Å². The van der Waals surface area contributed by atoms with Crippen LogP contribution in [0.3, 0.4) is 0 Å². The number of nitrogens with one attached hydrogen (secondary N) is 5. The maximum Gasteiger partial charge on any atom is 0.315 e. The minimum absolute atomic E-state index is 0.0146. The number of fused-ring (bicyclic) bond motifs is 6. The number of rotatable bonds is 26. The number of amides is 5. The molecule has 4 aliphatic rings. The van der Waals surface area contributed by atoms with Crippen molar-refractivity contribution in [2.24, 2.45) is 0 Å². The van der Waals surface area contributed by atoms with E-state index in [4.69, 9.17) is 0 Å². The number of aromatic nitrogens is 3. The summed E-state index contributed by atoms with van der Waals surface area (Å²) in [4.78, 5) is 67.2. The van der Waals surface area contributed by atoms with E-state index in [1.165, 1.54) is 45.4 Å². The normalized spacial score (nSPS) is 19.3. The number of sulfone groups is 1. The van der Waals surface area contributed by atoms with Crippen LogP contribution in [0.15, 0.2) is 154 Å². The topological polar surface area (TPSA) is 291 Å². The molecule has 2 fully saturated rings. The van der Waals surface area contributed by atoms with Crippen molar-refractivity contribution in [1.29, 1.82) is 0 Å². The number of phenolic OH excluding ortho intramolecular Hbond substituents is 1. The second-order valence-corrected chi connectivity index (χ2v) is 28.7. The van der Waals surface area contributed by atoms with Crippen molar-refractivity contribution in [2.75, 3.05) is 44.4 Å². The van der Waals surface area contributed by atoms with E-state index in [1.54, 1.807) is 79.0 Å². The second kappa shape index (κ2) is 28.8. The number of thioether (sulfide) groups is 1. The zero-order valence-electron chi connectivity index (χ0n) is 50.5. The molecular formula is C66H76N10O11S3. The SMILES string of the molecule is CC1CN(CC(O)[C@H](Cc2ccc(O)cc2)n2cc(CNC(=O)[C@H](Cc3ccc(C(=O)c4ccccc4)cc3)NC(=O)CCCCCNC(=O)CCCC[C@@H]3SC[C@@H]4NC(=O)N[C@@H]43)nn2)S(=O)(=O)c2ccc(cc2)S(=O)(=O)c2cccc3c(N(C)C)ccc1c23. The molecular weight excluding hydrogens is 1200 g/mol. The first-order chi connectivity index (χ1) is 43.2. The van der Waals surface area contributed by atoms with Crippen LogP contribution in [0.4, 0.5) is 10.5 Å². The lowest BCUT2D eigenvalue weighted by Gasteiger charge is -2.32. The highest BCUT2D eigenvalue weighted by Crippen LogP contribution is 2.40. The molecule has 5 amide bonds. The van der Waals surface area contributed by atoms with Gasteiger partial charge < -0.3 is 41.7 Å². The predicted molar refractivity (Wildman–Crippen MR) is 343 cm³/mol. The highest BCUT2D eigenvalue weighted by atomic mass is 32.2. The van der Waals surface area contributed by atoms with Crippen LogP contribution in [0.5, 0.6) is 5.75 Å². The van der Waals surface area contributed by atoms with Crippen molar-refractivity contribution in [1.82, 2.24) is 45.9 Å². The Bertz CT molecular complexity index is 3950. The number of aliphatic hydroxyl groups excluding tert-OH is 1. The number of unbranched alkanes of at least 4 members (excludes halogenated alkanes) is 3. The molecule has 4 aliphatic heterocycles. The molecule has 0 aliphatic carbocycles. The Morgan fingerprint density at radius 1 is 0.756 bits per heavy atom. The fourth-order valence-electron chi connectivity index (χ4n) is 12.1. The van der Waals surface area contributed by atoms with Crippen LogP contribution < -0.4 is 31.5 Å². The predicted octanol–water partition coefficient (Wildman–Crippen LogP) is 6.97. The molecule has 6 aromatic carbocycles. The van der Waals surface area contributed by atoms with Gasteiger partial charge in [-0.15, -0.1) is 5.10 Å². The summed E-state index contributed by atoms with van der Waals surface area (Å²) in [7, 11) is -4.82. The zero-order valence-corrected chi connectivity index (χ0v) is 52.9. The van der Waals surface area contributed by atoms with E-state index in [9.17, 15) is 51.0 Å². The molecule has 0 radical (unpaired) electrons. The van der Waals surface area contributed by atoms with Gasteiger partial charge in [0.2, 0.25) is 37.6 Å². The van der Waals surface area contributed by atoms with E-state index < -0.39 is 56.4 Å². The molecule has 2 unspecified atom stereocenters. The first-order valence-electron chi connectivity index (χ1n) is 30.4. The maximum atomic E-state index is 14.9. The number of hydrogen-bond acceptors (Lipinski definition) is 15. The molecule has 7 atom stereocenters. The molecule has 24 heteroatoms. The Balaban J connectivity index is 0.812. The number of phenols is 1. The minimum Gasteiger partial charge on any atom is -0.508 e. The van der Waals surface area contributed by atoms with Gasteiger partial charge in [0.15, 0.2) is 5.78 Å². The standard InChI is InChI=1S/C66H76N10O11S3/c1-42-38-75(90(86,87)50-30-28-49(29-31-50)89(84,85)59-17-12-15-52-55(74(2)3)33-32-51(42)62(52)59)40-57(78)56(36-44-22-26-48(77)27-23-44)76-39-47(72-73-76)37-68-65(82)53(35-43-20-24-46(25-21-43)64(81)45-13-6-4-7-14-45)69-61(80)19-8-5-11-34-67-60(79)18-10-9-16-58-63-54(41-88-58)70-66(83)71-63/h4,6-7,12-15,17,20-33,39,42,53-54,56-58,63,77-78H,5,8-11,16,18-19,34-38,40-41H2,1-3H3,(H,67,79)(H,68,82)(H,69,80)(H2,70,71,83)/t42?,53-,54-,56-,57?,58-,63-/m0/s1. The lowest BCUT2D eigenvalue weighted by atomic mass is 9.93. The first-order valence-corrected chi connectivity index (χ1v) is 34.4. The molecule has 2 bridgehead atoms. The number of carbonyl (C=O) groups excluding carboxylic acids is 5. The van der Waals surface area contributed by atoms with Crippen LogP contribution in [-0.2, 0) is 53.6 Å². The third-order valence-electron chi connectivity index (χ3n) is 16.9. The minimum atomic E-state index is -4.42. The van der Waals surface area contributed by atoms with Crippen LogP contribution in [0.2, 0.25) is 0 Å². The number of benzene rings is 6. The molecule has 0 saturated carbocycles. The van der Waals surface area contributed by atoms with Gasteiger partial charge in [-0.05, 0) is 103 Å². The van der Waals surface area contributed by atoms with Crippen molar-refractivity contribution in [3.05, 3.63) is 173 Å². The number of sulfonamides is 1. The van der Waals surface area contributed by atoms with Crippen molar-refractivity contribution >= 4 is 77.6 Å². The van der Waals surface area contributed by atoms with Gasteiger partial charge in [-0.2, -0.15) is 16.1 Å². The van der Waals surface area contributed by atoms with E-state index in [1.807, 2.05) is 61.9 Å². The van der Waals surface area contributed by atoms with Gasteiger partial charge in [-0.1, -0.05) is 110 Å². The van der Waals surface area contributed by atoms with E-state index in [0.717, 1.165) is 30.7 Å². The summed E-state index contributed by atoms with van der Waals surface area (Å²) in [6.45, 7) is 1.53. The molecule has 11 rings (SSSR count). The molecule has 7 aromatic rings. The van der Waals surface area contributed by atoms with Crippen LogP contribution in [0, 0.1) is 0 Å². The Morgan fingerprint density at radius 2 is 1.44 bits per heavy atom. The number of carbonyl (C=O) groups is 5. The van der Waals surface area contributed by atoms with Gasteiger partial charge in [0.25, 0.3) is 0 Å². The molecule has 21 nitrogen and oxygen atoms in total. The average molecular weight is 1280 g/mol. The van der Waals surface area contributed by atoms with E-state index in [2.05, 4.69) is 36.9 Å². The third kappa shape index (κ3) is 15.3. The lowest BCUT2D eigenvalue weighted by molar-refractivity contribution is -0.129. The Morgan fingerprint density at radius 3 is 2.19 bits per heavy atom. The van der Waals surface area contributed by atoms with E-state index >= 15 is 0 Å². The Labute approximate surface area is 528 Å². The van der Waals surface area contributed by atoms with Gasteiger partial charge in [-0.3, -0.25) is 19.2 Å². The summed E-state index contributed by atoms with van der Waals surface area (Å²) in [6, 6.07) is 34.1. The number of urea groups is 1. The average Bonchev–Trinajstić information content (AvgIpc) is 0.964. The molecule has 0 spiro atoms. The summed E-state index contributed by atoms with van der Waals surface area (Å²) in [5.41, 5.74) is 3.97. The Hall–Kier alpha value is -8.16. The second-order valence-electron chi connectivity index (χ2n) is 23.6. The summed E-state index contributed by atoms with van der Waals surface area (Å²) in [6.07, 6.45) is 5.16. The molecule has 474 valence electrons. The monoisotopic (exact) mass is 1280 g/mol. The van der Waals surface area contributed by atoms with Crippen molar-refractivity contribution in [2.45, 2.75) is 134 Å². The molecule has 90 heavy (non-hydrogen) atoms. The van der Waals surface area contributed by atoms with Crippen molar-refractivity contribution < 1.29 is 51.0 Å². The number of aliphatic hydroxyl groups is 1. The van der Waals surface area contributed by atoms with E-state index in [0.29, 0.717) is 76.1 Å². The summed E-state index contributed by atoms with van der Waals surface area (Å²) in [5, 5.41) is 47.7. The summed E-state index contributed by atoms with van der Waals surface area (Å²) >= 11 is 1.85. The van der Waals surface area contributed by atoms with Crippen LogP contribution >= 0.6 is 11.8 Å². The number of ketones is 1. The summed E-state index contributed by atoms with van der Waals surface area (Å²) in [5.74, 6) is -0.774. The molecule has 7 N–H and O–H groups in total. The quantitative estimate of drug-likeness (QED) is 0.0164. The first kappa shape index (κ1) is 64.8. The van der Waals surface area contributed by atoms with Crippen LogP contribution in [0.25, 0.3) is 10.8 Å². The smallest absolute Gasteiger partial charge is 0.315 e. The molecule has 1 aromatic heterocycles. The number of nitrogens with zero attached hydrogens (tertiary/aromatic N) is 5. The number of aromatic hydroxyl groups is 1. The third-order valence-corrected chi connectivity index (χ3v) is 22.1. The van der Waals surface area contributed by atoms with Crippen molar-refractivity contribution in [3.8, 4) is 5.75 Å². The van der Waals surface area contributed by atoms with Gasteiger partial charge in [-0.25, -0.2) is 26.3 Å². The number of anilines is 1. The number of hydrogen-bond donors (Lipinski definition) is 7. The fourth-order valence-corrected chi connectivity index (χ4v) is 16.6. The Kier molecular flexibility index (Phi) is 20.7. The van der Waals surface area contributed by atoms with Gasteiger partial charge in [0.1, 0.15) is 17.5 Å². The lowest BCUT2D eigenvalue weighted by Crippen LogP contribution is -2.47. The van der Waals surface area contributed by atoms with Gasteiger partial charge >= 0.3 is 6.03 Å².